The van der Waals surface area contributed by atoms with Crippen LogP contribution in [0.5, 0.6) is 0 Å². The molecule has 1 aliphatic rings. The van der Waals surface area contributed by atoms with E-state index >= 15 is 0 Å². The van der Waals surface area contributed by atoms with Gasteiger partial charge < -0.3 is 0 Å². The highest BCUT2D eigenvalue weighted by Crippen LogP contribution is 2.35. The van der Waals surface area contributed by atoms with Crippen LogP contribution in [0, 0.1) is 5.92 Å². The molecule has 1 N–H and O–H groups in total. The zero-order valence-corrected chi connectivity index (χ0v) is 12.7. The molecule has 1 heterocycles. The van der Waals surface area contributed by atoms with Gasteiger partial charge in [0.2, 0.25) is 0 Å². The number of halogens is 1. The van der Waals surface area contributed by atoms with E-state index in [0.717, 1.165) is 4.90 Å². The van der Waals surface area contributed by atoms with Crippen LogP contribution in [-0.4, -0.2) is 22.4 Å². The topological polar surface area (TPSA) is 46.2 Å². The smallest absolute Gasteiger partial charge is 0.260 e. The minimum absolute atomic E-state index is 0.316. The van der Waals surface area contributed by atoms with Gasteiger partial charge in [-0.25, -0.2) is 0 Å². The lowest BCUT2D eigenvalue weighted by atomic mass is 9.99. The summed E-state index contributed by atoms with van der Waals surface area (Å²) in [5.41, 5.74) is 0.935. The molecule has 0 saturated carbocycles. The maximum atomic E-state index is 11.8. The summed E-state index contributed by atoms with van der Waals surface area (Å²) in [5.74, 6) is 0.377. The number of hydrogen-bond acceptors (Lipinski definition) is 3. The maximum absolute atomic E-state index is 11.8. The number of fused-ring (bicyclic) bond motifs is 1. The fourth-order valence-electron chi connectivity index (χ4n) is 1.69. The van der Waals surface area contributed by atoms with Crippen molar-refractivity contribution in [3.05, 3.63) is 29.3 Å². The van der Waals surface area contributed by atoms with Crippen molar-refractivity contribution in [2.24, 2.45) is 5.92 Å². The molecule has 2 rings (SSSR count). The molecule has 1 atom stereocenters. The van der Waals surface area contributed by atoms with E-state index in [4.69, 9.17) is 11.6 Å². The van der Waals surface area contributed by atoms with Crippen LogP contribution in [0.3, 0.4) is 0 Å². The maximum Gasteiger partial charge on any atom is 0.260 e. The number of alkyl halides is 1. The zero-order valence-electron chi connectivity index (χ0n) is 11.1. The van der Waals surface area contributed by atoms with Gasteiger partial charge in [0.05, 0.1) is 16.0 Å². The summed E-state index contributed by atoms with van der Waals surface area (Å²) in [5, 5.41) is 2.32. The number of imide groups is 1. The Morgan fingerprint density at radius 3 is 2.63 bits per heavy atom. The summed E-state index contributed by atoms with van der Waals surface area (Å²) < 4.78 is 0. The van der Waals surface area contributed by atoms with Gasteiger partial charge in [-0.3, -0.25) is 14.9 Å². The SMILES string of the molecule is CC(C)C(C)(Cl)CSc1cccc2c1C(=O)NC2=O. The van der Waals surface area contributed by atoms with Crippen LogP contribution in [0.2, 0.25) is 0 Å². The average Bonchev–Trinajstić information content (AvgIpc) is 2.63. The summed E-state index contributed by atoms with van der Waals surface area (Å²) in [4.78, 5) is 23.8. The van der Waals surface area contributed by atoms with Gasteiger partial charge in [-0.2, -0.15) is 0 Å². The first-order valence-corrected chi connectivity index (χ1v) is 7.49. The number of amides is 2. The highest BCUT2D eigenvalue weighted by molar-refractivity contribution is 7.99. The number of carbonyl (C=O) groups excluding carboxylic acids is 2. The van der Waals surface area contributed by atoms with Crippen LogP contribution >= 0.6 is 23.4 Å². The van der Waals surface area contributed by atoms with Gasteiger partial charge in [0.1, 0.15) is 0 Å². The van der Waals surface area contributed by atoms with Gasteiger partial charge in [0.25, 0.3) is 11.8 Å². The van der Waals surface area contributed by atoms with Gasteiger partial charge in [0.15, 0.2) is 0 Å². The number of benzene rings is 1. The summed E-state index contributed by atoms with van der Waals surface area (Å²) >= 11 is 7.97. The lowest BCUT2D eigenvalue weighted by molar-refractivity contribution is 0.0879. The van der Waals surface area contributed by atoms with Crippen LogP contribution in [-0.2, 0) is 0 Å². The molecule has 1 aromatic carbocycles. The molecular formula is C14H16ClNO2S. The Morgan fingerprint density at radius 2 is 2.00 bits per heavy atom. The Morgan fingerprint density at radius 1 is 1.32 bits per heavy atom. The molecule has 5 heteroatoms. The molecule has 102 valence electrons. The Kier molecular flexibility index (Phi) is 3.92. The second-order valence-electron chi connectivity index (χ2n) is 5.18. The van der Waals surface area contributed by atoms with Gasteiger partial charge >= 0.3 is 0 Å². The quantitative estimate of drug-likeness (QED) is 0.527. The van der Waals surface area contributed by atoms with E-state index in [0.29, 0.717) is 22.8 Å². The largest absolute Gasteiger partial charge is 0.288 e. The summed E-state index contributed by atoms with van der Waals surface area (Å²) in [6.07, 6.45) is 0. The first-order chi connectivity index (χ1) is 8.83. The van der Waals surface area contributed by atoms with E-state index in [1.807, 2.05) is 13.0 Å². The minimum Gasteiger partial charge on any atom is -0.288 e. The summed E-state index contributed by atoms with van der Waals surface area (Å²) in [7, 11) is 0. The van der Waals surface area contributed by atoms with Gasteiger partial charge in [-0.1, -0.05) is 19.9 Å². The van der Waals surface area contributed by atoms with Crippen molar-refractivity contribution in [1.82, 2.24) is 5.32 Å². The summed E-state index contributed by atoms with van der Waals surface area (Å²) in [6, 6.07) is 5.32. The fourth-order valence-corrected chi connectivity index (χ4v) is 3.15. The number of carbonyl (C=O) groups is 2. The van der Waals surface area contributed by atoms with Gasteiger partial charge in [-0.15, -0.1) is 23.4 Å². The molecule has 1 aliphatic heterocycles. The third-order valence-corrected chi connectivity index (χ3v) is 5.56. The van der Waals surface area contributed by atoms with Crippen LogP contribution in [0.1, 0.15) is 41.5 Å². The molecular weight excluding hydrogens is 282 g/mol. The van der Waals surface area contributed by atoms with Crippen molar-refractivity contribution in [2.45, 2.75) is 30.5 Å². The first kappa shape index (κ1) is 14.4. The van der Waals surface area contributed by atoms with Crippen LogP contribution in [0.4, 0.5) is 0 Å². The first-order valence-electron chi connectivity index (χ1n) is 6.13. The van der Waals surface area contributed by atoms with Crippen molar-refractivity contribution in [3.63, 3.8) is 0 Å². The van der Waals surface area contributed by atoms with Crippen molar-refractivity contribution < 1.29 is 9.59 Å². The van der Waals surface area contributed by atoms with E-state index in [9.17, 15) is 9.59 Å². The van der Waals surface area contributed by atoms with Crippen LogP contribution < -0.4 is 5.32 Å². The Balaban J connectivity index is 2.24. The second-order valence-corrected chi connectivity index (χ2v) is 7.06. The molecule has 1 aromatic rings. The molecule has 0 fully saturated rings. The predicted molar refractivity (Wildman–Crippen MR) is 78.1 cm³/mol. The normalized spacial score (nSPS) is 17.3. The number of hydrogen-bond donors (Lipinski definition) is 1. The minimum atomic E-state index is -0.341. The molecule has 2 amide bonds. The van der Waals surface area contributed by atoms with E-state index in [2.05, 4.69) is 19.2 Å². The standard InChI is InChI=1S/C14H16ClNO2S/c1-8(2)14(3,15)7-19-10-6-4-5-9-11(10)13(18)16-12(9)17/h4-6,8H,7H2,1-3H3,(H,16,17,18). The van der Waals surface area contributed by atoms with Crippen molar-refractivity contribution in [3.8, 4) is 0 Å². The Labute approximate surface area is 122 Å². The lowest BCUT2D eigenvalue weighted by Gasteiger charge is -2.26. The number of nitrogens with one attached hydrogen (secondary N) is 1. The molecule has 0 aromatic heterocycles. The van der Waals surface area contributed by atoms with E-state index in [-0.39, 0.29) is 16.7 Å². The molecule has 19 heavy (non-hydrogen) atoms. The second kappa shape index (κ2) is 5.17. The number of rotatable bonds is 4. The lowest BCUT2D eigenvalue weighted by Crippen LogP contribution is -2.27. The monoisotopic (exact) mass is 297 g/mol. The van der Waals surface area contributed by atoms with Gasteiger partial charge in [0, 0.05) is 10.6 Å². The van der Waals surface area contributed by atoms with Gasteiger partial charge in [-0.05, 0) is 25.0 Å². The predicted octanol–water partition coefficient (Wildman–Crippen LogP) is 3.32. The third kappa shape index (κ3) is 2.79. The Hall–Kier alpha value is -1.00. The van der Waals surface area contributed by atoms with Crippen molar-refractivity contribution in [1.29, 1.82) is 0 Å². The molecule has 1 unspecified atom stereocenters. The highest BCUT2D eigenvalue weighted by Gasteiger charge is 2.31. The molecule has 0 bridgehead atoms. The van der Waals surface area contributed by atoms with Crippen molar-refractivity contribution >= 4 is 35.2 Å². The molecule has 0 saturated heterocycles. The molecule has 0 spiro atoms. The molecule has 0 aliphatic carbocycles. The fraction of sp³-hybridized carbons (Fsp3) is 0.429. The molecule has 0 radical (unpaired) electrons. The third-order valence-electron chi connectivity index (χ3n) is 3.44. The van der Waals surface area contributed by atoms with Crippen LogP contribution in [0.15, 0.2) is 23.1 Å². The van der Waals surface area contributed by atoms with E-state index in [1.165, 1.54) is 11.8 Å². The molecule has 3 nitrogen and oxygen atoms in total. The van der Waals surface area contributed by atoms with Crippen LogP contribution in [0.25, 0.3) is 0 Å². The summed E-state index contributed by atoms with van der Waals surface area (Å²) in [6.45, 7) is 6.12. The average molecular weight is 298 g/mol. The zero-order chi connectivity index (χ0) is 14.2. The van der Waals surface area contributed by atoms with E-state index in [1.54, 1.807) is 12.1 Å². The Bertz CT molecular complexity index is 540. The van der Waals surface area contributed by atoms with Crippen molar-refractivity contribution in [2.75, 3.05) is 5.75 Å². The number of thioether (sulfide) groups is 1. The van der Waals surface area contributed by atoms with E-state index < -0.39 is 0 Å². The highest BCUT2D eigenvalue weighted by atomic mass is 35.5.